The zero-order valence-corrected chi connectivity index (χ0v) is 15.3. The topological polar surface area (TPSA) is 85.6 Å². The molecule has 0 aliphatic carbocycles. The van der Waals surface area contributed by atoms with Crippen LogP contribution in [0.15, 0.2) is 73.6 Å². The third-order valence-electron chi connectivity index (χ3n) is 4.23. The van der Waals surface area contributed by atoms with E-state index in [-0.39, 0.29) is 5.91 Å². The van der Waals surface area contributed by atoms with E-state index in [1.807, 2.05) is 42.0 Å². The molecule has 0 fully saturated rings. The zero-order chi connectivity index (χ0) is 19.3. The molecule has 0 atom stereocenters. The number of imidazole rings is 1. The molecule has 3 aromatic heterocycles. The van der Waals surface area contributed by atoms with Crippen molar-refractivity contribution in [1.29, 1.82) is 0 Å². The van der Waals surface area contributed by atoms with Gasteiger partial charge in [-0.15, -0.1) is 0 Å². The Kier molecular flexibility index (Phi) is 4.88. The molecule has 4 aromatic rings. The molecule has 0 saturated heterocycles. The summed E-state index contributed by atoms with van der Waals surface area (Å²) in [7, 11) is 0. The van der Waals surface area contributed by atoms with Gasteiger partial charge >= 0.3 is 0 Å². The van der Waals surface area contributed by atoms with Gasteiger partial charge in [-0.2, -0.15) is 0 Å². The van der Waals surface area contributed by atoms with Gasteiger partial charge in [-0.25, -0.2) is 15.0 Å². The first-order valence-electron chi connectivity index (χ1n) is 8.91. The third-order valence-corrected chi connectivity index (χ3v) is 4.23. The SMILES string of the molecule is CCc1ncc(-c2nccn2-c2cccc(NC(=O)c3cccnc3)c2)cn1. The van der Waals surface area contributed by atoms with Crippen LogP contribution < -0.4 is 5.32 Å². The van der Waals surface area contributed by atoms with E-state index in [0.29, 0.717) is 11.3 Å². The Morgan fingerprint density at radius 2 is 1.89 bits per heavy atom. The van der Waals surface area contributed by atoms with Crippen molar-refractivity contribution in [2.45, 2.75) is 13.3 Å². The molecular weight excluding hydrogens is 352 g/mol. The predicted molar refractivity (Wildman–Crippen MR) is 106 cm³/mol. The van der Waals surface area contributed by atoms with Gasteiger partial charge in [0, 0.05) is 55.0 Å². The molecule has 0 aliphatic heterocycles. The minimum absolute atomic E-state index is 0.209. The van der Waals surface area contributed by atoms with E-state index < -0.39 is 0 Å². The number of anilines is 1. The maximum atomic E-state index is 12.4. The van der Waals surface area contributed by atoms with Crippen molar-refractivity contribution in [1.82, 2.24) is 24.5 Å². The van der Waals surface area contributed by atoms with E-state index in [4.69, 9.17) is 0 Å². The van der Waals surface area contributed by atoms with Gasteiger partial charge < -0.3 is 5.32 Å². The summed E-state index contributed by atoms with van der Waals surface area (Å²) < 4.78 is 1.93. The molecular formula is C21H18N6O. The molecule has 4 rings (SSSR count). The molecule has 7 nitrogen and oxygen atoms in total. The number of carbonyl (C=O) groups is 1. The number of hydrogen-bond donors (Lipinski definition) is 1. The van der Waals surface area contributed by atoms with E-state index in [0.717, 1.165) is 29.3 Å². The summed E-state index contributed by atoms with van der Waals surface area (Å²) in [6, 6.07) is 11.0. The van der Waals surface area contributed by atoms with E-state index in [1.165, 1.54) is 6.20 Å². The minimum atomic E-state index is -0.209. The number of aryl methyl sites for hydroxylation is 1. The molecule has 0 unspecified atom stereocenters. The van der Waals surface area contributed by atoms with Crippen molar-refractivity contribution >= 4 is 11.6 Å². The highest BCUT2D eigenvalue weighted by molar-refractivity contribution is 6.04. The number of pyridine rings is 1. The highest BCUT2D eigenvalue weighted by Gasteiger charge is 2.11. The van der Waals surface area contributed by atoms with Gasteiger partial charge in [0.25, 0.3) is 5.91 Å². The molecule has 0 aliphatic rings. The second-order valence-corrected chi connectivity index (χ2v) is 6.11. The summed E-state index contributed by atoms with van der Waals surface area (Å²) in [4.78, 5) is 29.5. The third kappa shape index (κ3) is 3.64. The highest BCUT2D eigenvalue weighted by Crippen LogP contribution is 2.22. The van der Waals surface area contributed by atoms with Crippen molar-refractivity contribution < 1.29 is 4.79 Å². The Bertz CT molecular complexity index is 1090. The Balaban J connectivity index is 1.62. The second-order valence-electron chi connectivity index (χ2n) is 6.11. The summed E-state index contributed by atoms with van der Waals surface area (Å²) in [5, 5.41) is 2.90. The van der Waals surface area contributed by atoms with Gasteiger partial charge in [-0.1, -0.05) is 13.0 Å². The Morgan fingerprint density at radius 1 is 1.04 bits per heavy atom. The van der Waals surface area contributed by atoms with Gasteiger partial charge in [0.05, 0.1) is 11.1 Å². The van der Waals surface area contributed by atoms with E-state index in [2.05, 4.69) is 25.3 Å². The molecule has 138 valence electrons. The average molecular weight is 370 g/mol. The molecule has 1 aromatic carbocycles. The quantitative estimate of drug-likeness (QED) is 0.581. The van der Waals surface area contributed by atoms with E-state index in [9.17, 15) is 4.79 Å². The Hall–Kier alpha value is -3.87. The normalized spacial score (nSPS) is 10.6. The van der Waals surface area contributed by atoms with Crippen molar-refractivity contribution in [2.75, 3.05) is 5.32 Å². The lowest BCUT2D eigenvalue weighted by molar-refractivity contribution is 0.102. The second kappa shape index (κ2) is 7.79. The standard InChI is InChI=1S/C21H18N6O/c1-2-19-24-13-16(14-25-19)20-23-9-10-27(20)18-7-3-6-17(11-18)26-21(28)15-5-4-8-22-12-15/h3-14H,2H2,1H3,(H,26,28). The maximum absolute atomic E-state index is 12.4. The molecule has 1 amide bonds. The molecule has 1 N–H and O–H groups in total. The van der Waals surface area contributed by atoms with Gasteiger partial charge in [0.2, 0.25) is 0 Å². The van der Waals surface area contributed by atoms with Crippen molar-refractivity contribution in [3.05, 3.63) is 85.0 Å². The first-order chi connectivity index (χ1) is 13.7. The zero-order valence-electron chi connectivity index (χ0n) is 15.3. The Morgan fingerprint density at radius 3 is 2.64 bits per heavy atom. The maximum Gasteiger partial charge on any atom is 0.257 e. The van der Waals surface area contributed by atoms with Crippen LogP contribution in [0, 0.1) is 0 Å². The first kappa shape index (κ1) is 17.5. The summed E-state index contributed by atoms with van der Waals surface area (Å²) in [5.74, 6) is 1.32. The highest BCUT2D eigenvalue weighted by atomic mass is 16.1. The lowest BCUT2D eigenvalue weighted by Crippen LogP contribution is -2.12. The number of amides is 1. The lowest BCUT2D eigenvalue weighted by Gasteiger charge is -2.11. The van der Waals surface area contributed by atoms with E-state index in [1.54, 1.807) is 36.9 Å². The fourth-order valence-electron chi connectivity index (χ4n) is 2.81. The van der Waals surface area contributed by atoms with E-state index >= 15 is 0 Å². The number of hydrogen-bond acceptors (Lipinski definition) is 5. The van der Waals surface area contributed by atoms with Crippen LogP contribution in [0.3, 0.4) is 0 Å². The van der Waals surface area contributed by atoms with Gasteiger partial charge in [0.1, 0.15) is 11.6 Å². The van der Waals surface area contributed by atoms with Crippen LogP contribution in [0.4, 0.5) is 5.69 Å². The number of rotatable bonds is 5. The fourth-order valence-corrected chi connectivity index (χ4v) is 2.81. The predicted octanol–water partition coefficient (Wildman–Crippen LogP) is 3.54. The fraction of sp³-hybridized carbons (Fsp3) is 0.0952. The van der Waals surface area contributed by atoms with Crippen LogP contribution in [-0.4, -0.2) is 30.4 Å². The number of aromatic nitrogens is 5. The van der Waals surface area contributed by atoms with Gasteiger partial charge in [-0.05, 0) is 30.3 Å². The van der Waals surface area contributed by atoms with Crippen LogP contribution >= 0.6 is 0 Å². The molecule has 28 heavy (non-hydrogen) atoms. The molecule has 3 heterocycles. The smallest absolute Gasteiger partial charge is 0.257 e. The summed E-state index contributed by atoms with van der Waals surface area (Å²) in [5.41, 5.74) is 2.89. The molecule has 7 heteroatoms. The average Bonchev–Trinajstić information content (AvgIpc) is 3.24. The lowest BCUT2D eigenvalue weighted by atomic mass is 10.2. The number of nitrogens with zero attached hydrogens (tertiary/aromatic N) is 5. The van der Waals surface area contributed by atoms with Crippen LogP contribution in [0.2, 0.25) is 0 Å². The molecule has 0 radical (unpaired) electrons. The van der Waals surface area contributed by atoms with Crippen LogP contribution in [-0.2, 0) is 6.42 Å². The largest absolute Gasteiger partial charge is 0.322 e. The van der Waals surface area contributed by atoms with Crippen LogP contribution in [0.1, 0.15) is 23.1 Å². The molecule has 0 spiro atoms. The number of carbonyl (C=O) groups excluding carboxylic acids is 1. The molecule has 0 bridgehead atoms. The van der Waals surface area contributed by atoms with Crippen molar-refractivity contribution in [3.8, 4) is 17.1 Å². The van der Waals surface area contributed by atoms with Gasteiger partial charge in [0.15, 0.2) is 0 Å². The van der Waals surface area contributed by atoms with Crippen molar-refractivity contribution in [2.24, 2.45) is 0 Å². The summed E-state index contributed by atoms with van der Waals surface area (Å²) in [6.45, 7) is 2.02. The number of nitrogens with one attached hydrogen (secondary N) is 1. The van der Waals surface area contributed by atoms with Crippen LogP contribution in [0.25, 0.3) is 17.1 Å². The summed E-state index contributed by atoms with van der Waals surface area (Å²) in [6.07, 6.45) is 11.1. The first-order valence-corrected chi connectivity index (χ1v) is 8.91. The minimum Gasteiger partial charge on any atom is -0.322 e. The summed E-state index contributed by atoms with van der Waals surface area (Å²) >= 11 is 0. The van der Waals surface area contributed by atoms with Crippen LogP contribution in [0.5, 0.6) is 0 Å². The van der Waals surface area contributed by atoms with Crippen molar-refractivity contribution in [3.63, 3.8) is 0 Å². The van der Waals surface area contributed by atoms with Gasteiger partial charge in [-0.3, -0.25) is 14.3 Å². The molecule has 0 saturated carbocycles. The monoisotopic (exact) mass is 370 g/mol. The number of benzene rings is 1. The Labute approximate surface area is 162 Å².